The topological polar surface area (TPSA) is 9.23 Å². The molecule has 1 aromatic carbocycles. The fraction of sp³-hybridized carbons (Fsp3) is 0.524. The SMILES string of the molecule is CC[Si](CC)(C1=C(C)C(C)=C(C)C1C)c1cccc(C)c1OC. The Morgan fingerprint density at radius 3 is 2.04 bits per heavy atom. The largest absolute Gasteiger partial charge is 0.497 e. The van der Waals surface area contributed by atoms with Gasteiger partial charge in [-0.05, 0) is 49.9 Å². The minimum atomic E-state index is -1.78. The van der Waals surface area contributed by atoms with Crippen LogP contribution >= 0.6 is 0 Å². The van der Waals surface area contributed by atoms with Crippen LogP contribution in [0.25, 0.3) is 0 Å². The molecule has 0 heterocycles. The quantitative estimate of drug-likeness (QED) is 0.645. The average molecular weight is 329 g/mol. The Balaban J connectivity index is 2.76. The van der Waals surface area contributed by atoms with Crippen molar-refractivity contribution in [3.63, 3.8) is 0 Å². The van der Waals surface area contributed by atoms with E-state index in [1.807, 2.05) is 7.11 Å². The van der Waals surface area contributed by atoms with Gasteiger partial charge >= 0.3 is 0 Å². The van der Waals surface area contributed by atoms with E-state index in [1.165, 1.54) is 28.4 Å². The highest BCUT2D eigenvalue weighted by Crippen LogP contribution is 2.44. The molecule has 1 unspecified atom stereocenters. The first kappa shape index (κ1) is 18.1. The molecule has 0 aromatic heterocycles. The summed E-state index contributed by atoms with van der Waals surface area (Å²) in [5.41, 5.74) is 5.88. The molecular formula is C21H32OSi. The van der Waals surface area contributed by atoms with Crippen LogP contribution in [0.15, 0.2) is 40.1 Å². The molecule has 0 fully saturated rings. The van der Waals surface area contributed by atoms with Crippen LogP contribution in [-0.2, 0) is 0 Å². The maximum absolute atomic E-state index is 5.87. The van der Waals surface area contributed by atoms with Gasteiger partial charge < -0.3 is 4.74 Å². The lowest BCUT2D eigenvalue weighted by Gasteiger charge is -2.37. The molecule has 0 amide bonds. The summed E-state index contributed by atoms with van der Waals surface area (Å²) >= 11 is 0. The third-order valence-corrected chi connectivity index (χ3v) is 12.0. The lowest BCUT2D eigenvalue weighted by atomic mass is 10.1. The molecule has 0 aliphatic heterocycles. The van der Waals surface area contributed by atoms with Crippen LogP contribution in [0.2, 0.25) is 12.1 Å². The van der Waals surface area contributed by atoms with Crippen LogP contribution in [0.1, 0.15) is 47.1 Å². The highest BCUT2D eigenvalue weighted by molar-refractivity contribution is 6.98. The Kier molecular flexibility index (Phi) is 5.25. The van der Waals surface area contributed by atoms with E-state index in [1.54, 1.807) is 16.3 Å². The van der Waals surface area contributed by atoms with Gasteiger partial charge in [0.2, 0.25) is 0 Å². The Morgan fingerprint density at radius 1 is 1.00 bits per heavy atom. The normalized spacial score (nSPS) is 18.9. The van der Waals surface area contributed by atoms with Gasteiger partial charge in [-0.25, -0.2) is 0 Å². The second kappa shape index (κ2) is 6.68. The minimum absolute atomic E-state index is 0.576. The summed E-state index contributed by atoms with van der Waals surface area (Å²) in [4.78, 5) is 0. The van der Waals surface area contributed by atoms with E-state index in [4.69, 9.17) is 4.74 Å². The summed E-state index contributed by atoms with van der Waals surface area (Å²) in [6.07, 6.45) is 0. The molecule has 0 radical (unpaired) electrons. The van der Waals surface area contributed by atoms with Gasteiger partial charge in [0.05, 0.1) is 7.11 Å². The van der Waals surface area contributed by atoms with Gasteiger partial charge in [0.25, 0.3) is 0 Å². The van der Waals surface area contributed by atoms with E-state index >= 15 is 0 Å². The summed E-state index contributed by atoms with van der Waals surface area (Å²) in [5.74, 6) is 1.70. The van der Waals surface area contributed by atoms with Gasteiger partial charge in [0.1, 0.15) is 13.8 Å². The highest BCUT2D eigenvalue weighted by atomic mass is 28.3. The van der Waals surface area contributed by atoms with Crippen LogP contribution in [0.3, 0.4) is 0 Å². The zero-order valence-corrected chi connectivity index (χ0v) is 17.1. The lowest BCUT2D eigenvalue weighted by Crippen LogP contribution is -2.51. The van der Waals surface area contributed by atoms with E-state index in [-0.39, 0.29) is 0 Å². The predicted octanol–water partition coefficient (Wildman–Crippen LogP) is 5.54. The number of methoxy groups -OCH3 is 1. The molecule has 1 aromatic rings. The molecule has 2 rings (SSSR count). The molecule has 23 heavy (non-hydrogen) atoms. The summed E-state index contributed by atoms with van der Waals surface area (Å²) in [5, 5.41) is 3.23. The second-order valence-electron chi connectivity index (χ2n) is 7.01. The monoisotopic (exact) mass is 328 g/mol. The van der Waals surface area contributed by atoms with Crippen LogP contribution in [-0.4, -0.2) is 15.2 Å². The molecule has 2 heteroatoms. The number of para-hydroxylation sites is 1. The molecule has 0 N–H and O–H groups in total. The van der Waals surface area contributed by atoms with Crippen LogP contribution < -0.4 is 9.92 Å². The second-order valence-corrected chi connectivity index (χ2v) is 11.7. The third kappa shape index (κ3) is 2.61. The maximum Gasteiger partial charge on any atom is 0.121 e. The fourth-order valence-electron chi connectivity index (χ4n) is 4.59. The van der Waals surface area contributed by atoms with Crippen LogP contribution in [0, 0.1) is 12.8 Å². The van der Waals surface area contributed by atoms with Gasteiger partial charge in [-0.2, -0.15) is 0 Å². The van der Waals surface area contributed by atoms with Crippen molar-refractivity contribution in [1.82, 2.24) is 0 Å². The first-order valence-corrected chi connectivity index (χ1v) is 11.3. The Labute approximate surface area is 143 Å². The van der Waals surface area contributed by atoms with E-state index in [9.17, 15) is 0 Å². The molecule has 1 nitrogen and oxygen atoms in total. The minimum Gasteiger partial charge on any atom is -0.497 e. The van der Waals surface area contributed by atoms with Crippen molar-refractivity contribution in [3.8, 4) is 5.75 Å². The number of allylic oxidation sites excluding steroid dienone is 4. The van der Waals surface area contributed by atoms with E-state index < -0.39 is 8.07 Å². The summed E-state index contributed by atoms with van der Waals surface area (Å²) in [6.45, 7) is 16.3. The Morgan fingerprint density at radius 2 is 1.61 bits per heavy atom. The number of aryl methyl sites for hydroxylation is 1. The van der Waals surface area contributed by atoms with Gasteiger partial charge in [0.15, 0.2) is 0 Å². The van der Waals surface area contributed by atoms with Gasteiger partial charge in [-0.1, -0.05) is 67.4 Å². The van der Waals surface area contributed by atoms with Gasteiger partial charge in [0, 0.05) is 0 Å². The Hall–Kier alpha value is -1.28. The maximum atomic E-state index is 5.87. The van der Waals surface area contributed by atoms with E-state index in [2.05, 4.69) is 66.7 Å². The molecule has 0 spiro atoms. The summed E-state index contributed by atoms with van der Waals surface area (Å²) in [6, 6.07) is 9.19. The highest BCUT2D eigenvalue weighted by Gasteiger charge is 2.43. The van der Waals surface area contributed by atoms with Crippen molar-refractivity contribution in [2.24, 2.45) is 5.92 Å². The zero-order chi connectivity index (χ0) is 17.4. The molecule has 0 bridgehead atoms. The molecular weight excluding hydrogens is 296 g/mol. The zero-order valence-electron chi connectivity index (χ0n) is 16.1. The third-order valence-electron chi connectivity index (χ3n) is 6.29. The van der Waals surface area contributed by atoms with Crippen molar-refractivity contribution < 1.29 is 4.74 Å². The number of rotatable bonds is 5. The molecule has 0 saturated carbocycles. The predicted molar refractivity (Wildman–Crippen MR) is 104 cm³/mol. The number of hydrogen-bond acceptors (Lipinski definition) is 1. The smallest absolute Gasteiger partial charge is 0.121 e. The summed E-state index contributed by atoms with van der Waals surface area (Å²) in [7, 11) is 0.0436. The van der Waals surface area contributed by atoms with Crippen molar-refractivity contribution in [3.05, 3.63) is 45.7 Å². The van der Waals surface area contributed by atoms with Gasteiger partial charge in [-0.3, -0.25) is 0 Å². The standard InChI is InChI=1S/C21H32OSi/c1-9-23(10-2,19-13-11-12-14(3)20(19)22-8)21-17(6)15(4)16(5)18(21)7/h11-13,17H,9-10H2,1-8H3. The molecule has 1 aliphatic rings. The van der Waals surface area contributed by atoms with Gasteiger partial charge in [-0.15, -0.1) is 0 Å². The van der Waals surface area contributed by atoms with Crippen molar-refractivity contribution >= 4 is 13.3 Å². The first-order valence-electron chi connectivity index (χ1n) is 8.88. The van der Waals surface area contributed by atoms with Crippen molar-refractivity contribution in [1.29, 1.82) is 0 Å². The summed E-state index contributed by atoms with van der Waals surface area (Å²) < 4.78 is 5.87. The molecule has 0 saturated heterocycles. The van der Waals surface area contributed by atoms with Crippen LogP contribution in [0.5, 0.6) is 5.75 Å². The Bertz CT molecular complexity index is 662. The fourth-order valence-corrected chi connectivity index (χ4v) is 10.0. The number of hydrogen-bond donors (Lipinski definition) is 0. The number of ether oxygens (including phenoxy) is 1. The lowest BCUT2D eigenvalue weighted by molar-refractivity contribution is 0.414. The van der Waals surface area contributed by atoms with Crippen LogP contribution in [0.4, 0.5) is 0 Å². The molecule has 1 atom stereocenters. The average Bonchev–Trinajstić information content (AvgIpc) is 2.74. The molecule has 126 valence electrons. The first-order chi connectivity index (χ1) is 10.9. The number of benzene rings is 1. The van der Waals surface area contributed by atoms with E-state index in [0.29, 0.717) is 5.92 Å². The van der Waals surface area contributed by atoms with Crippen molar-refractivity contribution in [2.45, 2.75) is 60.6 Å². The van der Waals surface area contributed by atoms with Crippen molar-refractivity contribution in [2.75, 3.05) is 7.11 Å². The van der Waals surface area contributed by atoms with E-state index in [0.717, 1.165) is 5.75 Å². The molecule has 1 aliphatic carbocycles.